The fraction of sp³-hybridized carbons (Fsp3) is 0.708. The highest BCUT2D eigenvalue weighted by atomic mass is 16.5. The lowest BCUT2D eigenvalue weighted by molar-refractivity contribution is -0.0992. The van der Waals surface area contributed by atoms with E-state index in [1.54, 1.807) is 0 Å². The zero-order chi connectivity index (χ0) is 19.7. The average Bonchev–Trinajstić information content (AvgIpc) is 3.51. The molecule has 1 aliphatic carbocycles. The number of ether oxygens (including phenoxy) is 1. The number of nitrogens with zero attached hydrogens (tertiary/aromatic N) is 3. The minimum absolute atomic E-state index is 0.101. The Labute approximate surface area is 175 Å². The maximum Gasteiger partial charge on any atom is 0.0642 e. The zero-order valence-corrected chi connectivity index (χ0v) is 17.4. The van der Waals surface area contributed by atoms with Gasteiger partial charge in [0, 0.05) is 63.4 Å². The van der Waals surface area contributed by atoms with Crippen LogP contribution in [0.15, 0.2) is 30.3 Å². The van der Waals surface area contributed by atoms with E-state index in [9.17, 15) is 5.26 Å². The Balaban J connectivity index is 1.11. The van der Waals surface area contributed by atoms with Gasteiger partial charge in [0.25, 0.3) is 0 Å². The maximum atomic E-state index is 9.48. The molecule has 29 heavy (non-hydrogen) atoms. The molecule has 0 radical (unpaired) electrons. The standard InChI is InChI=1S/C24H34N4O/c25-11-10-24(17-27(18-24)21-8-14-29-15-9-21)28-12-6-20(7-13-28)26-23-16-22(23)19-4-2-1-3-5-19/h1-5,20-23,26H,6-10,12-18H2/t22?,23-/m1/s1. The predicted octanol–water partition coefficient (Wildman–Crippen LogP) is 2.74. The van der Waals surface area contributed by atoms with Crippen LogP contribution in [0.4, 0.5) is 0 Å². The van der Waals surface area contributed by atoms with Crippen LogP contribution >= 0.6 is 0 Å². The second-order valence-corrected chi connectivity index (χ2v) is 9.60. The van der Waals surface area contributed by atoms with Gasteiger partial charge in [-0.2, -0.15) is 5.26 Å². The molecule has 0 spiro atoms. The number of hydrogen-bond donors (Lipinski definition) is 1. The molecule has 2 atom stereocenters. The molecule has 0 aromatic heterocycles. The Morgan fingerprint density at radius 3 is 2.48 bits per heavy atom. The van der Waals surface area contributed by atoms with Crippen molar-refractivity contribution >= 4 is 0 Å². The molecule has 1 saturated carbocycles. The molecule has 1 aromatic rings. The number of likely N-dealkylation sites (tertiary alicyclic amines) is 2. The van der Waals surface area contributed by atoms with Crippen molar-refractivity contribution < 1.29 is 4.74 Å². The van der Waals surface area contributed by atoms with Gasteiger partial charge in [0.05, 0.1) is 18.0 Å². The van der Waals surface area contributed by atoms with Gasteiger partial charge in [-0.25, -0.2) is 0 Å². The second kappa shape index (κ2) is 8.35. The van der Waals surface area contributed by atoms with Gasteiger partial charge in [-0.3, -0.25) is 9.80 Å². The summed E-state index contributed by atoms with van der Waals surface area (Å²) in [5.74, 6) is 0.707. The molecule has 156 valence electrons. The van der Waals surface area contributed by atoms with Gasteiger partial charge < -0.3 is 10.1 Å². The summed E-state index contributed by atoms with van der Waals surface area (Å²) in [7, 11) is 0. The fourth-order valence-electron chi connectivity index (χ4n) is 5.86. The lowest BCUT2D eigenvalue weighted by Crippen LogP contribution is -2.73. The van der Waals surface area contributed by atoms with Crippen molar-refractivity contribution in [2.24, 2.45) is 0 Å². The predicted molar refractivity (Wildman–Crippen MR) is 114 cm³/mol. The number of rotatable bonds is 6. The summed E-state index contributed by atoms with van der Waals surface area (Å²) in [5, 5.41) is 13.4. The molecule has 4 fully saturated rings. The van der Waals surface area contributed by atoms with Crippen LogP contribution in [0.3, 0.4) is 0 Å². The Morgan fingerprint density at radius 1 is 1.07 bits per heavy atom. The Morgan fingerprint density at radius 2 is 1.79 bits per heavy atom. The molecule has 1 aromatic carbocycles. The monoisotopic (exact) mass is 394 g/mol. The third-order valence-electron chi connectivity index (χ3n) is 7.74. The van der Waals surface area contributed by atoms with E-state index in [-0.39, 0.29) is 5.54 Å². The third-order valence-corrected chi connectivity index (χ3v) is 7.74. The summed E-state index contributed by atoms with van der Waals surface area (Å²) in [6, 6.07) is 15.4. The lowest BCUT2D eigenvalue weighted by Gasteiger charge is -2.59. The molecule has 3 heterocycles. The van der Waals surface area contributed by atoms with E-state index in [2.05, 4.69) is 51.5 Å². The Kier molecular flexibility index (Phi) is 5.62. The van der Waals surface area contributed by atoms with Crippen LogP contribution in [0.1, 0.15) is 50.0 Å². The Bertz CT molecular complexity index is 712. The SMILES string of the molecule is N#CCC1(N2CCC(N[C@@H]3CC3c3ccccc3)CC2)CN(C2CCOCC2)C1. The summed E-state index contributed by atoms with van der Waals surface area (Å²) >= 11 is 0. The van der Waals surface area contributed by atoms with E-state index in [0.29, 0.717) is 30.5 Å². The molecule has 5 nitrogen and oxygen atoms in total. The molecule has 3 saturated heterocycles. The summed E-state index contributed by atoms with van der Waals surface area (Å²) in [4.78, 5) is 5.25. The minimum Gasteiger partial charge on any atom is -0.381 e. The van der Waals surface area contributed by atoms with Crippen LogP contribution < -0.4 is 5.32 Å². The molecule has 1 N–H and O–H groups in total. The highest BCUT2D eigenvalue weighted by Gasteiger charge is 2.50. The number of hydrogen-bond acceptors (Lipinski definition) is 5. The lowest BCUT2D eigenvalue weighted by atomic mass is 9.81. The van der Waals surface area contributed by atoms with Crippen molar-refractivity contribution in [3.05, 3.63) is 35.9 Å². The maximum absolute atomic E-state index is 9.48. The van der Waals surface area contributed by atoms with Crippen LogP contribution in [0.5, 0.6) is 0 Å². The first-order valence-corrected chi connectivity index (χ1v) is 11.5. The first kappa shape index (κ1) is 19.5. The van der Waals surface area contributed by atoms with Crippen molar-refractivity contribution in [3.63, 3.8) is 0 Å². The summed E-state index contributed by atoms with van der Waals surface area (Å²) in [6.45, 7) is 6.20. The average molecular weight is 395 g/mol. The van der Waals surface area contributed by atoms with Gasteiger partial charge in [-0.1, -0.05) is 30.3 Å². The van der Waals surface area contributed by atoms with Crippen molar-refractivity contribution in [1.82, 2.24) is 15.1 Å². The Hall–Kier alpha value is -1.45. The quantitative estimate of drug-likeness (QED) is 0.804. The van der Waals surface area contributed by atoms with Crippen molar-refractivity contribution in [3.8, 4) is 6.07 Å². The van der Waals surface area contributed by atoms with Crippen molar-refractivity contribution in [2.45, 2.75) is 68.1 Å². The first-order chi connectivity index (χ1) is 14.3. The summed E-state index contributed by atoms with van der Waals surface area (Å²) in [5.41, 5.74) is 1.59. The molecular weight excluding hydrogens is 360 g/mol. The van der Waals surface area contributed by atoms with E-state index >= 15 is 0 Å². The van der Waals surface area contributed by atoms with Crippen LogP contribution in [0.25, 0.3) is 0 Å². The van der Waals surface area contributed by atoms with Gasteiger partial charge in [0.15, 0.2) is 0 Å². The molecule has 0 amide bonds. The molecule has 0 bridgehead atoms. The zero-order valence-electron chi connectivity index (χ0n) is 17.4. The van der Waals surface area contributed by atoms with Crippen LogP contribution in [-0.2, 0) is 4.74 Å². The normalized spacial score (nSPS) is 31.1. The molecule has 5 rings (SSSR count). The van der Waals surface area contributed by atoms with Crippen molar-refractivity contribution in [2.75, 3.05) is 39.4 Å². The van der Waals surface area contributed by atoms with Gasteiger partial charge in [0.2, 0.25) is 0 Å². The van der Waals surface area contributed by atoms with Crippen LogP contribution in [0, 0.1) is 11.3 Å². The van der Waals surface area contributed by atoms with E-state index in [4.69, 9.17) is 4.74 Å². The number of piperidine rings is 1. The van der Waals surface area contributed by atoms with E-state index in [1.165, 1.54) is 24.8 Å². The van der Waals surface area contributed by atoms with Crippen LogP contribution in [-0.4, -0.2) is 72.9 Å². The van der Waals surface area contributed by atoms with E-state index in [0.717, 1.165) is 52.2 Å². The molecule has 4 aliphatic rings. The van der Waals surface area contributed by atoms with Gasteiger partial charge in [-0.15, -0.1) is 0 Å². The molecule has 3 aliphatic heterocycles. The topological polar surface area (TPSA) is 51.5 Å². The van der Waals surface area contributed by atoms with Gasteiger partial charge >= 0.3 is 0 Å². The summed E-state index contributed by atoms with van der Waals surface area (Å²) in [6.07, 6.45) is 6.67. The molecule has 5 heteroatoms. The van der Waals surface area contributed by atoms with Gasteiger partial charge in [0.1, 0.15) is 0 Å². The van der Waals surface area contributed by atoms with E-state index in [1.807, 2.05) is 0 Å². The molecular formula is C24H34N4O. The largest absolute Gasteiger partial charge is 0.381 e. The fourth-order valence-corrected chi connectivity index (χ4v) is 5.86. The highest BCUT2D eigenvalue weighted by Crippen LogP contribution is 2.42. The smallest absolute Gasteiger partial charge is 0.0642 e. The number of nitriles is 1. The molecule has 1 unspecified atom stereocenters. The van der Waals surface area contributed by atoms with Crippen LogP contribution in [0.2, 0.25) is 0 Å². The minimum atomic E-state index is 0.101. The van der Waals surface area contributed by atoms with Gasteiger partial charge in [-0.05, 0) is 37.7 Å². The number of benzene rings is 1. The number of nitrogens with one attached hydrogen (secondary N) is 1. The van der Waals surface area contributed by atoms with E-state index < -0.39 is 0 Å². The third kappa shape index (κ3) is 4.09. The summed E-state index contributed by atoms with van der Waals surface area (Å²) < 4.78 is 5.52. The van der Waals surface area contributed by atoms with Crippen molar-refractivity contribution in [1.29, 1.82) is 5.26 Å². The highest BCUT2D eigenvalue weighted by molar-refractivity contribution is 5.27. The second-order valence-electron chi connectivity index (χ2n) is 9.60. The first-order valence-electron chi connectivity index (χ1n) is 11.5.